The summed E-state index contributed by atoms with van der Waals surface area (Å²) in [6.45, 7) is 26.4. The van der Waals surface area contributed by atoms with Gasteiger partial charge in [-0.3, -0.25) is 0 Å². The zero-order valence-electron chi connectivity index (χ0n) is 12.8. The minimum atomic E-state index is 0.250. The van der Waals surface area contributed by atoms with Crippen molar-refractivity contribution in [2.24, 2.45) is 16.2 Å². The average molecular weight is 307 g/mol. The van der Waals surface area contributed by atoms with Crippen molar-refractivity contribution in [3.05, 3.63) is 13.8 Å². The molecule has 0 aromatic heterocycles. The molecular weight excluding hydrogens is 276 g/mol. The van der Waals surface area contributed by atoms with Crippen LogP contribution in [0.25, 0.3) is 0 Å². The van der Waals surface area contributed by atoms with Gasteiger partial charge >= 0.3 is 49.5 Å². The summed E-state index contributed by atoms with van der Waals surface area (Å²) in [6.07, 6.45) is 0. The smallest absolute Gasteiger partial charge is 0.0878 e. The standard InChI is InChI=1S/2C5H11.C5H9.Mo/c3*1-5(2,3)4;/h2*1H2,2-4H3;1-3H3;/q2*-1;;. The number of rotatable bonds is 0. The van der Waals surface area contributed by atoms with Gasteiger partial charge in [-0.1, -0.05) is 41.5 Å². The van der Waals surface area contributed by atoms with Crippen molar-refractivity contribution >= 4 is 0 Å². The molecule has 0 radical (unpaired) electrons. The third-order valence-corrected chi connectivity index (χ3v) is 1.81. The third-order valence-electron chi connectivity index (χ3n) is 0.306. The summed E-state index contributed by atoms with van der Waals surface area (Å²) in [5.41, 5.74) is 0.796. The fourth-order valence-corrected chi connectivity index (χ4v) is 0. The minimum Gasteiger partial charge on any atom is -0.338 e. The molecule has 99 valence electrons. The van der Waals surface area contributed by atoms with Crippen LogP contribution in [0, 0.1) is 34.3 Å². The molecule has 0 saturated carbocycles. The Labute approximate surface area is 116 Å². The van der Waals surface area contributed by atoms with E-state index in [1.54, 1.807) is 0 Å². The van der Waals surface area contributed by atoms with Crippen LogP contribution in [0.15, 0.2) is 0 Å². The Morgan fingerprint density at radius 1 is 0.688 bits per heavy atom. The fraction of sp³-hybridized carbons (Fsp3) is 0.800. The van der Waals surface area contributed by atoms with Gasteiger partial charge in [0.15, 0.2) is 0 Å². The van der Waals surface area contributed by atoms with Crippen molar-refractivity contribution in [3.63, 3.8) is 0 Å². The summed E-state index contributed by atoms with van der Waals surface area (Å²) >= 11 is 1.90. The second-order valence-electron chi connectivity index (χ2n) is 7.47. The number of hydrogen-bond donors (Lipinski definition) is 0. The molecule has 0 unspecified atom stereocenters. The maximum Gasteiger partial charge on any atom is -0.0878 e. The van der Waals surface area contributed by atoms with E-state index in [1.807, 2.05) is 19.2 Å². The van der Waals surface area contributed by atoms with Gasteiger partial charge in [0.2, 0.25) is 0 Å². The first kappa shape index (κ1) is 21.7. The van der Waals surface area contributed by atoms with E-state index in [4.69, 9.17) is 0 Å². The van der Waals surface area contributed by atoms with E-state index in [2.05, 4.69) is 80.4 Å². The van der Waals surface area contributed by atoms with Crippen LogP contribution >= 0.6 is 0 Å². The van der Waals surface area contributed by atoms with Crippen molar-refractivity contribution in [2.45, 2.75) is 62.3 Å². The predicted molar refractivity (Wildman–Crippen MR) is 73.0 cm³/mol. The van der Waals surface area contributed by atoms with Gasteiger partial charge in [0, 0.05) is 0 Å². The van der Waals surface area contributed by atoms with E-state index >= 15 is 0 Å². The van der Waals surface area contributed by atoms with Gasteiger partial charge in [0.1, 0.15) is 0 Å². The van der Waals surface area contributed by atoms with Crippen LogP contribution in [-0.2, 0) is 19.2 Å². The zero-order chi connectivity index (χ0) is 14.2. The van der Waals surface area contributed by atoms with Crippen molar-refractivity contribution in [1.82, 2.24) is 0 Å². The predicted octanol–water partition coefficient (Wildman–Crippen LogP) is 5.27. The van der Waals surface area contributed by atoms with Crippen LogP contribution < -0.4 is 0 Å². The van der Waals surface area contributed by atoms with E-state index < -0.39 is 0 Å². The van der Waals surface area contributed by atoms with Crippen LogP contribution in [0.5, 0.6) is 0 Å². The topological polar surface area (TPSA) is 0 Å². The molecule has 0 aromatic rings. The zero-order valence-corrected chi connectivity index (χ0v) is 14.8. The molecule has 0 aromatic carbocycles. The summed E-state index contributed by atoms with van der Waals surface area (Å²) in [5, 5.41) is 0. The molecule has 0 amide bonds. The minimum absolute atomic E-state index is 0.250. The second kappa shape index (κ2) is 8.54. The maximum absolute atomic E-state index is 3.77. The molecular formula is C15H31Mo-2. The van der Waals surface area contributed by atoms with Crippen LogP contribution in [-0.4, -0.2) is 0 Å². The second-order valence-corrected chi connectivity index (χ2v) is 7.98. The van der Waals surface area contributed by atoms with E-state index in [1.165, 1.54) is 0 Å². The van der Waals surface area contributed by atoms with E-state index in [0.717, 1.165) is 0 Å². The maximum atomic E-state index is 3.77. The first-order valence-electron chi connectivity index (χ1n) is 5.66. The van der Waals surface area contributed by atoms with Crippen molar-refractivity contribution in [2.75, 3.05) is 0 Å². The monoisotopic (exact) mass is 309 g/mol. The Bertz CT molecular complexity index is 163. The molecule has 0 nitrogen and oxygen atoms in total. The molecule has 0 heterocycles. The first-order valence-corrected chi connectivity index (χ1v) is 6.66. The van der Waals surface area contributed by atoms with Gasteiger partial charge < -0.3 is 13.8 Å². The molecule has 0 N–H and O–H groups in total. The Hall–Kier alpha value is 0.468. The summed E-state index contributed by atoms with van der Waals surface area (Å²) in [5.74, 6) is 0. The molecule has 1 heteroatoms. The molecule has 0 fully saturated rings. The van der Waals surface area contributed by atoms with Crippen molar-refractivity contribution in [3.8, 4) is 4.20 Å². The normalized spacial score (nSPS) is 11.4. The van der Waals surface area contributed by atoms with Crippen LogP contribution in [0.1, 0.15) is 62.3 Å². The quantitative estimate of drug-likeness (QED) is 0.422. The van der Waals surface area contributed by atoms with Crippen LogP contribution in [0.3, 0.4) is 0 Å². The molecule has 0 atom stereocenters. The molecule has 0 spiro atoms. The van der Waals surface area contributed by atoms with Gasteiger partial charge in [-0.2, -0.15) is 10.8 Å². The Morgan fingerprint density at radius 2 is 0.750 bits per heavy atom. The Kier molecular flexibility index (Phi) is 11.6. The van der Waals surface area contributed by atoms with Gasteiger partial charge in [-0.15, -0.1) is 0 Å². The van der Waals surface area contributed by atoms with Gasteiger partial charge in [0.25, 0.3) is 0 Å². The van der Waals surface area contributed by atoms with E-state index in [9.17, 15) is 0 Å². The molecule has 0 saturated heterocycles. The molecule has 0 bridgehead atoms. The largest absolute Gasteiger partial charge is 0.338 e. The van der Waals surface area contributed by atoms with Gasteiger partial charge in [0.05, 0.1) is 0 Å². The summed E-state index contributed by atoms with van der Waals surface area (Å²) in [7, 11) is 0. The summed E-state index contributed by atoms with van der Waals surface area (Å²) < 4.78 is 3.11. The van der Waals surface area contributed by atoms with Gasteiger partial charge in [-0.05, 0) is 0 Å². The third kappa shape index (κ3) is 218. The average Bonchev–Trinajstić information content (AvgIpc) is 1.77. The fourth-order valence-electron chi connectivity index (χ4n) is 0. The van der Waals surface area contributed by atoms with Gasteiger partial charge in [-0.25, -0.2) is 0 Å². The summed E-state index contributed by atoms with van der Waals surface area (Å²) in [4.78, 5) is 0. The molecule has 0 rings (SSSR count). The van der Waals surface area contributed by atoms with E-state index in [0.29, 0.717) is 5.41 Å². The van der Waals surface area contributed by atoms with Crippen molar-refractivity contribution in [1.29, 1.82) is 0 Å². The summed E-state index contributed by atoms with van der Waals surface area (Å²) in [6, 6.07) is 0. The molecule has 0 aliphatic heterocycles. The van der Waals surface area contributed by atoms with Crippen LogP contribution in [0.2, 0.25) is 0 Å². The molecule has 0 aliphatic carbocycles. The van der Waals surface area contributed by atoms with Crippen LogP contribution in [0.4, 0.5) is 0 Å². The number of hydrogen-bond acceptors (Lipinski definition) is 0. The SMILES string of the molecule is CC(C)(C)[C]#[Mo].[CH2-]C(C)(C)C.[CH2-]C(C)(C)C. The van der Waals surface area contributed by atoms with E-state index in [-0.39, 0.29) is 10.8 Å². The Balaban J connectivity index is -0.000000160. The molecule has 0 aliphatic rings. The first-order chi connectivity index (χ1) is 6.56. The Morgan fingerprint density at radius 3 is 0.750 bits per heavy atom. The molecule has 16 heavy (non-hydrogen) atoms. The van der Waals surface area contributed by atoms with Crippen molar-refractivity contribution < 1.29 is 19.2 Å².